The molecule has 0 unspecified atom stereocenters. The maximum absolute atomic E-state index is 13.3. The third kappa shape index (κ3) is 2.95. The first kappa shape index (κ1) is 17.2. The number of aryl methyl sites for hydroxylation is 1. The summed E-state index contributed by atoms with van der Waals surface area (Å²) < 4.78 is 7.57. The van der Waals surface area contributed by atoms with E-state index in [1.165, 1.54) is 32.1 Å². The summed E-state index contributed by atoms with van der Waals surface area (Å²) in [5, 5.41) is 0. The van der Waals surface area contributed by atoms with Gasteiger partial charge in [0.2, 0.25) is 0 Å². The van der Waals surface area contributed by atoms with Crippen molar-refractivity contribution in [1.29, 1.82) is 0 Å². The number of ether oxygens (including phenoxy) is 1. The molecular formula is C21H28N4O2. The van der Waals surface area contributed by atoms with Gasteiger partial charge in [-0.25, -0.2) is 4.98 Å². The van der Waals surface area contributed by atoms with Crippen molar-refractivity contribution in [2.75, 3.05) is 32.8 Å². The largest absolute Gasteiger partial charge is 0.378 e. The van der Waals surface area contributed by atoms with Crippen molar-refractivity contribution >= 4 is 11.6 Å². The van der Waals surface area contributed by atoms with Crippen molar-refractivity contribution in [3.05, 3.63) is 35.3 Å². The molecule has 1 amide bonds. The molecule has 2 aromatic heterocycles. The Kier molecular flexibility index (Phi) is 4.20. The highest BCUT2D eigenvalue weighted by Gasteiger charge is 2.49. The SMILES string of the molecule is Cc1cccn2c(CN3CCCCC34CC4)c(C(=O)N3CCOCC3)nc12. The highest BCUT2D eigenvalue weighted by molar-refractivity contribution is 5.94. The first-order valence-electron chi connectivity index (χ1n) is 10.3. The molecule has 1 saturated carbocycles. The van der Waals surface area contributed by atoms with Crippen LogP contribution in [0.3, 0.4) is 0 Å². The lowest BCUT2D eigenvalue weighted by Gasteiger charge is -2.36. The van der Waals surface area contributed by atoms with E-state index < -0.39 is 0 Å². The Morgan fingerprint density at radius 3 is 2.78 bits per heavy atom. The molecule has 144 valence electrons. The summed E-state index contributed by atoms with van der Waals surface area (Å²) in [7, 11) is 0. The zero-order valence-corrected chi connectivity index (χ0v) is 16.1. The predicted octanol–water partition coefficient (Wildman–Crippen LogP) is 2.63. The monoisotopic (exact) mass is 368 g/mol. The van der Waals surface area contributed by atoms with Crippen LogP contribution in [0.1, 0.15) is 53.8 Å². The van der Waals surface area contributed by atoms with Gasteiger partial charge in [0.15, 0.2) is 5.69 Å². The fourth-order valence-electron chi connectivity index (χ4n) is 4.78. The normalized spacial score (nSPS) is 22.5. The Bertz CT molecular complexity index is 864. The van der Waals surface area contributed by atoms with Gasteiger partial charge in [-0.1, -0.05) is 12.5 Å². The Morgan fingerprint density at radius 1 is 1.19 bits per heavy atom. The maximum atomic E-state index is 13.3. The molecule has 2 aromatic rings. The number of likely N-dealkylation sites (tertiary alicyclic amines) is 1. The first-order valence-corrected chi connectivity index (χ1v) is 10.3. The number of amides is 1. The van der Waals surface area contributed by atoms with E-state index in [0.29, 0.717) is 37.5 Å². The van der Waals surface area contributed by atoms with E-state index in [0.717, 1.165) is 30.0 Å². The van der Waals surface area contributed by atoms with Crippen LogP contribution in [-0.4, -0.2) is 63.5 Å². The van der Waals surface area contributed by atoms with Crippen molar-refractivity contribution < 1.29 is 9.53 Å². The molecule has 4 heterocycles. The Balaban J connectivity index is 1.54. The average molecular weight is 368 g/mol. The number of fused-ring (bicyclic) bond motifs is 1. The van der Waals surface area contributed by atoms with Gasteiger partial charge < -0.3 is 14.0 Å². The lowest BCUT2D eigenvalue weighted by molar-refractivity contribution is 0.0297. The Hall–Kier alpha value is -1.92. The number of piperidine rings is 1. The number of carbonyl (C=O) groups excluding carboxylic acids is 1. The Morgan fingerprint density at radius 2 is 2.00 bits per heavy atom. The molecule has 1 spiro atoms. The topological polar surface area (TPSA) is 50.1 Å². The number of morpholine rings is 1. The summed E-state index contributed by atoms with van der Waals surface area (Å²) in [4.78, 5) is 22.6. The van der Waals surface area contributed by atoms with E-state index in [9.17, 15) is 4.79 Å². The van der Waals surface area contributed by atoms with E-state index in [2.05, 4.69) is 34.6 Å². The molecule has 5 rings (SSSR count). The minimum Gasteiger partial charge on any atom is -0.378 e. The van der Waals surface area contributed by atoms with Crippen LogP contribution in [0.15, 0.2) is 18.3 Å². The van der Waals surface area contributed by atoms with Crippen LogP contribution in [0.25, 0.3) is 5.65 Å². The third-order valence-electron chi connectivity index (χ3n) is 6.60. The summed E-state index contributed by atoms with van der Waals surface area (Å²) in [5.74, 6) is 0.0539. The number of rotatable bonds is 3. The van der Waals surface area contributed by atoms with Crippen LogP contribution in [-0.2, 0) is 11.3 Å². The second-order valence-corrected chi connectivity index (χ2v) is 8.30. The van der Waals surface area contributed by atoms with Crippen molar-refractivity contribution in [3.8, 4) is 0 Å². The number of nitrogens with zero attached hydrogens (tertiary/aromatic N) is 4. The molecule has 2 aliphatic heterocycles. The van der Waals surface area contributed by atoms with E-state index in [-0.39, 0.29) is 5.91 Å². The maximum Gasteiger partial charge on any atom is 0.274 e. The summed E-state index contributed by atoms with van der Waals surface area (Å²) >= 11 is 0. The zero-order valence-electron chi connectivity index (χ0n) is 16.1. The number of pyridine rings is 1. The van der Waals surface area contributed by atoms with Gasteiger partial charge in [-0.15, -0.1) is 0 Å². The molecule has 2 saturated heterocycles. The number of carbonyl (C=O) groups is 1. The Labute approximate surface area is 160 Å². The smallest absolute Gasteiger partial charge is 0.274 e. The molecule has 0 aromatic carbocycles. The third-order valence-corrected chi connectivity index (χ3v) is 6.60. The number of hydrogen-bond acceptors (Lipinski definition) is 4. The molecule has 1 aliphatic carbocycles. The van der Waals surface area contributed by atoms with Gasteiger partial charge in [0.1, 0.15) is 5.65 Å². The molecule has 27 heavy (non-hydrogen) atoms. The molecule has 0 bridgehead atoms. The molecule has 6 nitrogen and oxygen atoms in total. The second kappa shape index (κ2) is 6.60. The minimum atomic E-state index is 0.0539. The van der Waals surface area contributed by atoms with Gasteiger partial charge in [0, 0.05) is 31.4 Å². The number of aromatic nitrogens is 2. The zero-order chi connectivity index (χ0) is 18.4. The fraction of sp³-hybridized carbons (Fsp3) is 0.619. The van der Waals surface area contributed by atoms with Crippen LogP contribution < -0.4 is 0 Å². The number of imidazole rings is 1. The highest BCUT2D eigenvalue weighted by atomic mass is 16.5. The second-order valence-electron chi connectivity index (χ2n) is 8.30. The summed E-state index contributed by atoms with van der Waals surface area (Å²) in [6.45, 7) is 6.54. The molecule has 0 radical (unpaired) electrons. The first-order chi connectivity index (χ1) is 13.2. The quantitative estimate of drug-likeness (QED) is 0.836. The standard InChI is InChI=1S/C21H28N4O2/c1-16-5-4-10-25-17(15-24-9-3-2-6-21(24)7-8-21)18(22-19(16)25)20(26)23-11-13-27-14-12-23/h4-5,10H,2-3,6-9,11-15H2,1H3. The average Bonchev–Trinajstić information content (AvgIpc) is 3.37. The number of hydrogen-bond donors (Lipinski definition) is 0. The van der Waals surface area contributed by atoms with Crippen LogP contribution in [0, 0.1) is 6.92 Å². The van der Waals surface area contributed by atoms with Gasteiger partial charge in [-0.05, 0) is 50.8 Å². The summed E-state index contributed by atoms with van der Waals surface area (Å²) in [6.07, 6.45) is 8.55. The minimum absolute atomic E-state index is 0.0539. The predicted molar refractivity (Wildman–Crippen MR) is 103 cm³/mol. The van der Waals surface area contributed by atoms with E-state index in [4.69, 9.17) is 9.72 Å². The summed E-state index contributed by atoms with van der Waals surface area (Å²) in [6, 6.07) is 4.12. The molecule has 0 atom stereocenters. The van der Waals surface area contributed by atoms with Crippen molar-refractivity contribution in [3.63, 3.8) is 0 Å². The van der Waals surface area contributed by atoms with Crippen LogP contribution in [0.4, 0.5) is 0 Å². The van der Waals surface area contributed by atoms with Gasteiger partial charge in [0.05, 0.1) is 18.9 Å². The van der Waals surface area contributed by atoms with E-state index in [1.807, 2.05) is 4.90 Å². The van der Waals surface area contributed by atoms with Gasteiger partial charge >= 0.3 is 0 Å². The summed E-state index contributed by atoms with van der Waals surface area (Å²) in [5.41, 5.74) is 4.10. The van der Waals surface area contributed by atoms with Crippen LogP contribution in [0.5, 0.6) is 0 Å². The lowest BCUT2D eigenvalue weighted by atomic mass is 9.99. The molecule has 3 aliphatic rings. The lowest BCUT2D eigenvalue weighted by Crippen LogP contribution is -2.43. The van der Waals surface area contributed by atoms with Crippen molar-refractivity contribution in [2.24, 2.45) is 0 Å². The van der Waals surface area contributed by atoms with E-state index in [1.54, 1.807) is 0 Å². The van der Waals surface area contributed by atoms with Crippen molar-refractivity contribution in [1.82, 2.24) is 19.2 Å². The molecule has 3 fully saturated rings. The van der Waals surface area contributed by atoms with Gasteiger partial charge in [-0.3, -0.25) is 9.69 Å². The molecule has 6 heteroatoms. The van der Waals surface area contributed by atoms with Gasteiger partial charge in [0.25, 0.3) is 5.91 Å². The molecule has 0 N–H and O–H groups in total. The van der Waals surface area contributed by atoms with Crippen molar-refractivity contribution in [2.45, 2.75) is 51.1 Å². The van der Waals surface area contributed by atoms with E-state index >= 15 is 0 Å². The van der Waals surface area contributed by atoms with Crippen LogP contribution in [0.2, 0.25) is 0 Å². The highest BCUT2D eigenvalue weighted by Crippen LogP contribution is 2.49. The van der Waals surface area contributed by atoms with Crippen LogP contribution >= 0.6 is 0 Å². The fourth-order valence-corrected chi connectivity index (χ4v) is 4.78. The molecular weight excluding hydrogens is 340 g/mol. The van der Waals surface area contributed by atoms with Gasteiger partial charge in [-0.2, -0.15) is 0 Å².